The monoisotopic (exact) mass is 322 g/mol. The maximum Gasteiger partial charge on any atom is 0.318 e. The number of fused-ring (bicyclic) bond motifs is 2. The first-order valence-corrected chi connectivity index (χ1v) is 8.85. The molecule has 2 aromatic carbocycles. The summed E-state index contributed by atoms with van der Waals surface area (Å²) >= 11 is 0. The molecule has 0 amide bonds. The van der Waals surface area contributed by atoms with Crippen LogP contribution in [0.3, 0.4) is 0 Å². The van der Waals surface area contributed by atoms with Crippen molar-refractivity contribution in [1.29, 1.82) is 0 Å². The number of benzene rings is 2. The Morgan fingerprint density at radius 3 is 2.12 bits per heavy atom. The SMILES string of the molecule is O=C(OCC1CCCCC1)C1c2ccccc2Oc2ccccc21. The van der Waals surface area contributed by atoms with Gasteiger partial charge in [-0.25, -0.2) is 0 Å². The van der Waals surface area contributed by atoms with Crippen molar-refractivity contribution >= 4 is 5.97 Å². The number of hydrogen-bond donors (Lipinski definition) is 0. The Labute approximate surface area is 142 Å². The lowest BCUT2D eigenvalue weighted by Crippen LogP contribution is -2.24. The van der Waals surface area contributed by atoms with E-state index in [1.165, 1.54) is 32.1 Å². The Hall–Kier alpha value is -2.29. The van der Waals surface area contributed by atoms with Crippen molar-refractivity contribution < 1.29 is 14.3 Å². The number of hydrogen-bond acceptors (Lipinski definition) is 3. The highest BCUT2D eigenvalue weighted by atomic mass is 16.5. The Morgan fingerprint density at radius 2 is 1.50 bits per heavy atom. The molecule has 4 rings (SSSR count). The summed E-state index contributed by atoms with van der Waals surface area (Å²) < 4.78 is 11.7. The first-order chi connectivity index (χ1) is 11.8. The number of rotatable bonds is 3. The van der Waals surface area contributed by atoms with Crippen LogP contribution in [-0.2, 0) is 9.53 Å². The smallest absolute Gasteiger partial charge is 0.318 e. The average Bonchev–Trinajstić information content (AvgIpc) is 2.65. The normalized spacial score (nSPS) is 17.5. The molecule has 0 radical (unpaired) electrons. The minimum atomic E-state index is -0.394. The topological polar surface area (TPSA) is 35.5 Å². The highest BCUT2D eigenvalue weighted by Crippen LogP contribution is 2.44. The number of para-hydroxylation sites is 2. The van der Waals surface area contributed by atoms with Crippen molar-refractivity contribution in [2.45, 2.75) is 38.0 Å². The van der Waals surface area contributed by atoms with Crippen LogP contribution >= 0.6 is 0 Å². The molecule has 124 valence electrons. The van der Waals surface area contributed by atoms with Gasteiger partial charge >= 0.3 is 5.97 Å². The van der Waals surface area contributed by atoms with E-state index >= 15 is 0 Å². The van der Waals surface area contributed by atoms with Gasteiger partial charge in [-0.15, -0.1) is 0 Å². The van der Waals surface area contributed by atoms with Crippen LogP contribution in [0.4, 0.5) is 0 Å². The van der Waals surface area contributed by atoms with E-state index in [1.807, 2.05) is 48.5 Å². The number of esters is 1. The third-order valence-corrected chi connectivity index (χ3v) is 5.10. The molecule has 1 heterocycles. The van der Waals surface area contributed by atoms with E-state index in [-0.39, 0.29) is 5.97 Å². The fourth-order valence-corrected chi connectivity index (χ4v) is 3.80. The average molecular weight is 322 g/mol. The largest absolute Gasteiger partial charge is 0.465 e. The van der Waals surface area contributed by atoms with Crippen LogP contribution in [0.5, 0.6) is 11.5 Å². The van der Waals surface area contributed by atoms with E-state index in [1.54, 1.807) is 0 Å². The van der Waals surface area contributed by atoms with Crippen LogP contribution in [0.25, 0.3) is 0 Å². The lowest BCUT2D eigenvalue weighted by Gasteiger charge is -2.28. The Balaban J connectivity index is 1.58. The summed E-state index contributed by atoms with van der Waals surface area (Å²) in [5.74, 6) is 1.46. The van der Waals surface area contributed by atoms with Gasteiger partial charge in [0.05, 0.1) is 6.61 Å². The van der Waals surface area contributed by atoms with E-state index in [9.17, 15) is 4.79 Å². The Kier molecular flexibility index (Phi) is 4.24. The van der Waals surface area contributed by atoms with Gasteiger partial charge in [-0.2, -0.15) is 0 Å². The van der Waals surface area contributed by atoms with Crippen molar-refractivity contribution in [3.05, 3.63) is 59.7 Å². The molecule has 0 atom stereocenters. The number of carbonyl (C=O) groups excluding carboxylic acids is 1. The fourth-order valence-electron chi connectivity index (χ4n) is 3.80. The second-order valence-electron chi connectivity index (χ2n) is 6.74. The first kappa shape index (κ1) is 15.3. The summed E-state index contributed by atoms with van der Waals surface area (Å²) in [5.41, 5.74) is 1.79. The van der Waals surface area contributed by atoms with Gasteiger partial charge in [0.25, 0.3) is 0 Å². The van der Waals surface area contributed by atoms with Crippen LogP contribution in [0, 0.1) is 5.92 Å². The van der Waals surface area contributed by atoms with E-state index in [0.29, 0.717) is 12.5 Å². The molecule has 0 saturated heterocycles. The summed E-state index contributed by atoms with van der Waals surface area (Å²) in [7, 11) is 0. The van der Waals surface area contributed by atoms with E-state index in [4.69, 9.17) is 9.47 Å². The minimum Gasteiger partial charge on any atom is -0.465 e. The zero-order valence-corrected chi connectivity index (χ0v) is 13.7. The zero-order chi connectivity index (χ0) is 16.4. The quantitative estimate of drug-likeness (QED) is 0.742. The predicted octanol–water partition coefficient (Wildman–Crippen LogP) is 5.05. The van der Waals surface area contributed by atoms with Crippen LogP contribution in [0.1, 0.15) is 49.1 Å². The molecule has 1 aliphatic heterocycles. The molecule has 0 spiro atoms. The highest BCUT2D eigenvalue weighted by Gasteiger charge is 2.33. The molecule has 0 N–H and O–H groups in total. The molecular formula is C21H22O3. The van der Waals surface area contributed by atoms with Gasteiger partial charge in [0.1, 0.15) is 17.4 Å². The lowest BCUT2D eigenvalue weighted by molar-refractivity contribution is -0.146. The summed E-state index contributed by atoms with van der Waals surface area (Å²) in [4.78, 5) is 12.9. The molecule has 2 aliphatic rings. The third-order valence-electron chi connectivity index (χ3n) is 5.10. The molecule has 2 aromatic rings. The van der Waals surface area contributed by atoms with Crippen molar-refractivity contribution in [1.82, 2.24) is 0 Å². The van der Waals surface area contributed by atoms with Gasteiger partial charge in [0, 0.05) is 11.1 Å². The predicted molar refractivity (Wildman–Crippen MR) is 92.3 cm³/mol. The van der Waals surface area contributed by atoms with Crippen molar-refractivity contribution in [2.24, 2.45) is 5.92 Å². The minimum absolute atomic E-state index is 0.163. The zero-order valence-electron chi connectivity index (χ0n) is 13.7. The maximum atomic E-state index is 12.9. The van der Waals surface area contributed by atoms with Gasteiger partial charge in [0.15, 0.2) is 0 Å². The summed E-state index contributed by atoms with van der Waals surface area (Å²) in [5, 5.41) is 0. The van der Waals surface area contributed by atoms with Gasteiger partial charge in [-0.05, 0) is 30.9 Å². The Morgan fingerprint density at radius 1 is 0.917 bits per heavy atom. The lowest BCUT2D eigenvalue weighted by atomic mass is 9.87. The standard InChI is InChI=1S/C21H22O3/c22-21(23-14-15-8-2-1-3-9-15)20-16-10-4-6-12-18(16)24-19-13-7-5-11-17(19)20/h4-7,10-13,15,20H,1-3,8-9,14H2. The Bertz CT molecular complexity index is 686. The van der Waals surface area contributed by atoms with Crippen LogP contribution in [0.15, 0.2) is 48.5 Å². The van der Waals surface area contributed by atoms with Crippen LogP contribution in [0.2, 0.25) is 0 Å². The molecule has 0 bridgehead atoms. The molecule has 0 unspecified atom stereocenters. The van der Waals surface area contributed by atoms with Crippen LogP contribution in [-0.4, -0.2) is 12.6 Å². The highest BCUT2D eigenvalue weighted by molar-refractivity contribution is 5.85. The fraction of sp³-hybridized carbons (Fsp3) is 0.381. The molecule has 3 nitrogen and oxygen atoms in total. The maximum absolute atomic E-state index is 12.9. The second-order valence-corrected chi connectivity index (χ2v) is 6.74. The van der Waals surface area contributed by atoms with E-state index in [2.05, 4.69) is 0 Å². The molecule has 1 fully saturated rings. The van der Waals surface area contributed by atoms with Crippen LogP contribution < -0.4 is 4.74 Å². The summed E-state index contributed by atoms with van der Waals surface area (Å²) in [6, 6.07) is 15.5. The second kappa shape index (κ2) is 6.68. The summed E-state index contributed by atoms with van der Waals surface area (Å²) in [6.07, 6.45) is 6.17. The van der Waals surface area contributed by atoms with E-state index in [0.717, 1.165) is 22.6 Å². The van der Waals surface area contributed by atoms with Crippen molar-refractivity contribution in [2.75, 3.05) is 6.61 Å². The molecule has 24 heavy (non-hydrogen) atoms. The van der Waals surface area contributed by atoms with Gasteiger partial charge < -0.3 is 9.47 Å². The van der Waals surface area contributed by atoms with Crippen molar-refractivity contribution in [3.63, 3.8) is 0 Å². The van der Waals surface area contributed by atoms with Gasteiger partial charge in [-0.1, -0.05) is 55.7 Å². The number of carbonyl (C=O) groups is 1. The molecular weight excluding hydrogens is 300 g/mol. The molecule has 1 saturated carbocycles. The number of ether oxygens (including phenoxy) is 2. The molecule has 3 heteroatoms. The molecule has 1 aliphatic carbocycles. The van der Waals surface area contributed by atoms with E-state index < -0.39 is 5.92 Å². The van der Waals surface area contributed by atoms with Crippen molar-refractivity contribution in [3.8, 4) is 11.5 Å². The third kappa shape index (κ3) is 2.91. The van der Waals surface area contributed by atoms with Gasteiger partial charge in [-0.3, -0.25) is 4.79 Å². The van der Waals surface area contributed by atoms with Gasteiger partial charge in [0.2, 0.25) is 0 Å². The first-order valence-electron chi connectivity index (χ1n) is 8.85. The molecule has 0 aromatic heterocycles. The summed E-state index contributed by atoms with van der Waals surface area (Å²) in [6.45, 7) is 0.542.